The van der Waals surface area contributed by atoms with Crippen molar-refractivity contribution < 1.29 is 18.7 Å². The van der Waals surface area contributed by atoms with E-state index in [1.54, 1.807) is 24.3 Å². The molecule has 0 aromatic heterocycles. The Hall–Kier alpha value is -2.60. The van der Waals surface area contributed by atoms with E-state index in [2.05, 4.69) is 10.6 Å². The van der Waals surface area contributed by atoms with Crippen molar-refractivity contribution in [2.45, 2.75) is 19.9 Å². The van der Waals surface area contributed by atoms with E-state index < -0.39 is 17.8 Å². The maximum Gasteiger partial charge on any atom is 0.251 e. The Bertz CT molecular complexity index is 794. The van der Waals surface area contributed by atoms with E-state index in [1.807, 2.05) is 13.8 Å². The van der Waals surface area contributed by atoms with E-state index in [-0.39, 0.29) is 16.8 Å². The summed E-state index contributed by atoms with van der Waals surface area (Å²) >= 11 is 5.72. The SMILES string of the molecule is COc1ccc(C(=O)NC(C(=O)Nc2ccc(F)c(Cl)c2)C(C)C)cc1. The van der Waals surface area contributed by atoms with Crippen LogP contribution in [0.2, 0.25) is 5.02 Å². The number of ether oxygens (including phenoxy) is 1. The molecule has 26 heavy (non-hydrogen) atoms. The van der Waals surface area contributed by atoms with Gasteiger partial charge in [-0.05, 0) is 48.4 Å². The minimum absolute atomic E-state index is 0.0915. The van der Waals surface area contributed by atoms with Crippen LogP contribution < -0.4 is 15.4 Å². The number of anilines is 1. The average Bonchev–Trinajstić information content (AvgIpc) is 2.62. The van der Waals surface area contributed by atoms with Crippen LogP contribution in [0.5, 0.6) is 5.75 Å². The molecule has 2 aromatic carbocycles. The minimum Gasteiger partial charge on any atom is -0.497 e. The Kier molecular flexibility index (Phi) is 6.58. The van der Waals surface area contributed by atoms with Gasteiger partial charge in [-0.1, -0.05) is 25.4 Å². The molecule has 1 unspecified atom stereocenters. The zero-order valence-corrected chi connectivity index (χ0v) is 15.4. The lowest BCUT2D eigenvalue weighted by Crippen LogP contribution is -2.47. The van der Waals surface area contributed by atoms with Crippen molar-refractivity contribution in [1.29, 1.82) is 0 Å². The Morgan fingerprint density at radius 3 is 2.31 bits per heavy atom. The van der Waals surface area contributed by atoms with Gasteiger partial charge in [0.25, 0.3) is 5.91 Å². The molecule has 0 heterocycles. The molecule has 7 heteroatoms. The topological polar surface area (TPSA) is 67.4 Å². The highest BCUT2D eigenvalue weighted by molar-refractivity contribution is 6.31. The van der Waals surface area contributed by atoms with Crippen LogP contribution in [0.4, 0.5) is 10.1 Å². The second-order valence-corrected chi connectivity index (χ2v) is 6.45. The highest BCUT2D eigenvalue weighted by Crippen LogP contribution is 2.20. The summed E-state index contributed by atoms with van der Waals surface area (Å²) in [7, 11) is 1.54. The second-order valence-electron chi connectivity index (χ2n) is 6.04. The van der Waals surface area contributed by atoms with Gasteiger partial charge in [0.1, 0.15) is 17.6 Å². The van der Waals surface area contributed by atoms with E-state index >= 15 is 0 Å². The van der Waals surface area contributed by atoms with Gasteiger partial charge in [-0.3, -0.25) is 9.59 Å². The van der Waals surface area contributed by atoms with Crippen molar-refractivity contribution in [2.75, 3.05) is 12.4 Å². The van der Waals surface area contributed by atoms with Gasteiger partial charge in [-0.2, -0.15) is 0 Å². The van der Waals surface area contributed by atoms with Gasteiger partial charge in [-0.25, -0.2) is 4.39 Å². The van der Waals surface area contributed by atoms with Gasteiger partial charge in [0.2, 0.25) is 5.91 Å². The zero-order valence-electron chi connectivity index (χ0n) is 14.7. The molecular weight excluding hydrogens is 359 g/mol. The number of methoxy groups -OCH3 is 1. The monoisotopic (exact) mass is 378 g/mol. The van der Waals surface area contributed by atoms with Gasteiger partial charge in [-0.15, -0.1) is 0 Å². The summed E-state index contributed by atoms with van der Waals surface area (Å²) < 4.78 is 18.3. The zero-order chi connectivity index (χ0) is 19.3. The van der Waals surface area contributed by atoms with E-state index in [9.17, 15) is 14.0 Å². The van der Waals surface area contributed by atoms with Gasteiger partial charge < -0.3 is 15.4 Å². The second kappa shape index (κ2) is 8.67. The molecular formula is C19H20ClFN2O3. The molecule has 5 nitrogen and oxygen atoms in total. The standard InChI is InChI=1S/C19H20ClFN2O3/c1-11(2)17(19(25)22-13-6-9-16(21)15(20)10-13)23-18(24)12-4-7-14(26-3)8-5-12/h4-11,17H,1-3H3,(H,22,25)(H,23,24). The fourth-order valence-electron chi connectivity index (χ4n) is 2.30. The van der Waals surface area contributed by atoms with Crippen LogP contribution in [0.1, 0.15) is 24.2 Å². The Morgan fingerprint density at radius 1 is 1.12 bits per heavy atom. The van der Waals surface area contributed by atoms with Crippen LogP contribution in [0, 0.1) is 11.7 Å². The number of halogens is 2. The van der Waals surface area contributed by atoms with Gasteiger partial charge >= 0.3 is 0 Å². The van der Waals surface area contributed by atoms with Crippen LogP contribution in [0.3, 0.4) is 0 Å². The third kappa shape index (κ3) is 4.95. The van der Waals surface area contributed by atoms with Crippen LogP contribution in [0.15, 0.2) is 42.5 Å². The fraction of sp³-hybridized carbons (Fsp3) is 0.263. The molecule has 0 radical (unpaired) electrons. The lowest BCUT2D eigenvalue weighted by Gasteiger charge is -2.22. The molecule has 1 atom stereocenters. The maximum absolute atomic E-state index is 13.2. The number of carbonyl (C=O) groups excluding carboxylic acids is 2. The van der Waals surface area contributed by atoms with Crippen LogP contribution in [-0.2, 0) is 4.79 Å². The lowest BCUT2D eigenvalue weighted by atomic mass is 10.0. The number of benzene rings is 2. The van der Waals surface area contributed by atoms with Crippen molar-refractivity contribution in [2.24, 2.45) is 5.92 Å². The van der Waals surface area contributed by atoms with Crippen molar-refractivity contribution in [1.82, 2.24) is 5.32 Å². The summed E-state index contributed by atoms with van der Waals surface area (Å²) in [6, 6.07) is 9.68. The molecule has 2 N–H and O–H groups in total. The third-order valence-electron chi connectivity index (χ3n) is 3.78. The predicted molar refractivity (Wildman–Crippen MR) is 99.1 cm³/mol. The molecule has 138 valence electrons. The first-order valence-electron chi connectivity index (χ1n) is 8.02. The van der Waals surface area contributed by atoms with E-state index in [0.717, 1.165) is 6.07 Å². The first-order chi connectivity index (χ1) is 12.3. The summed E-state index contributed by atoms with van der Waals surface area (Å²) in [6.07, 6.45) is 0. The van der Waals surface area contributed by atoms with Crippen molar-refractivity contribution in [3.63, 3.8) is 0 Å². The van der Waals surface area contributed by atoms with E-state index in [1.165, 1.54) is 19.2 Å². The number of rotatable bonds is 6. The quantitative estimate of drug-likeness (QED) is 0.801. The van der Waals surface area contributed by atoms with E-state index in [4.69, 9.17) is 16.3 Å². The first-order valence-corrected chi connectivity index (χ1v) is 8.40. The highest BCUT2D eigenvalue weighted by Gasteiger charge is 2.25. The fourth-order valence-corrected chi connectivity index (χ4v) is 2.48. The van der Waals surface area contributed by atoms with Crippen LogP contribution >= 0.6 is 11.6 Å². The molecule has 0 saturated heterocycles. The number of nitrogens with one attached hydrogen (secondary N) is 2. The summed E-state index contributed by atoms with van der Waals surface area (Å²) in [5.41, 5.74) is 0.764. The molecule has 0 aliphatic heterocycles. The molecule has 0 bridgehead atoms. The number of carbonyl (C=O) groups is 2. The maximum atomic E-state index is 13.2. The third-order valence-corrected chi connectivity index (χ3v) is 4.06. The number of hydrogen-bond donors (Lipinski definition) is 2. The van der Waals surface area contributed by atoms with Crippen LogP contribution in [-0.4, -0.2) is 25.0 Å². The summed E-state index contributed by atoms with van der Waals surface area (Å²) in [5, 5.41) is 5.27. The van der Waals surface area contributed by atoms with Crippen molar-refractivity contribution in [3.05, 3.63) is 58.9 Å². The highest BCUT2D eigenvalue weighted by atomic mass is 35.5. The van der Waals surface area contributed by atoms with Gasteiger partial charge in [0, 0.05) is 11.3 Å². The number of amides is 2. The molecule has 0 aliphatic rings. The number of hydrogen-bond acceptors (Lipinski definition) is 3. The summed E-state index contributed by atoms with van der Waals surface area (Å²) in [6.45, 7) is 3.63. The van der Waals surface area contributed by atoms with Crippen molar-refractivity contribution in [3.8, 4) is 5.75 Å². The van der Waals surface area contributed by atoms with Crippen LogP contribution in [0.25, 0.3) is 0 Å². The average molecular weight is 379 g/mol. The molecule has 0 fully saturated rings. The first kappa shape index (κ1) is 19.7. The predicted octanol–water partition coefficient (Wildman–Crippen LogP) is 3.88. The Labute approximate surface area is 156 Å². The molecule has 0 saturated carbocycles. The minimum atomic E-state index is -0.770. The summed E-state index contributed by atoms with van der Waals surface area (Å²) in [4.78, 5) is 24.9. The van der Waals surface area contributed by atoms with Crippen molar-refractivity contribution >= 4 is 29.1 Å². The van der Waals surface area contributed by atoms with Gasteiger partial charge in [0.15, 0.2) is 0 Å². The molecule has 2 aromatic rings. The molecule has 0 spiro atoms. The van der Waals surface area contributed by atoms with Gasteiger partial charge in [0.05, 0.1) is 12.1 Å². The largest absolute Gasteiger partial charge is 0.497 e. The Balaban J connectivity index is 2.10. The Morgan fingerprint density at radius 2 is 1.77 bits per heavy atom. The normalized spacial score (nSPS) is 11.8. The smallest absolute Gasteiger partial charge is 0.251 e. The molecule has 2 amide bonds. The van der Waals surface area contributed by atoms with E-state index in [0.29, 0.717) is 17.0 Å². The molecule has 0 aliphatic carbocycles. The summed E-state index contributed by atoms with van der Waals surface area (Å²) in [5.74, 6) is -0.887. The lowest BCUT2D eigenvalue weighted by molar-refractivity contribution is -0.118. The molecule has 2 rings (SSSR count).